The van der Waals surface area contributed by atoms with E-state index < -0.39 is 0 Å². The number of halogens is 1. The Kier molecular flexibility index (Phi) is 5.55. The van der Waals surface area contributed by atoms with E-state index in [2.05, 4.69) is 76.7 Å². The molecular weight excluding hydrogens is 362 g/mol. The fourth-order valence-corrected chi connectivity index (χ4v) is 2.92. The Morgan fingerprint density at radius 3 is 2.29 bits per heavy atom. The molecule has 3 rings (SSSR count). The summed E-state index contributed by atoms with van der Waals surface area (Å²) in [7, 11) is 0. The highest BCUT2D eigenvalue weighted by molar-refractivity contribution is 9.10. The van der Waals surface area contributed by atoms with E-state index in [0.29, 0.717) is 6.61 Å². The zero-order chi connectivity index (χ0) is 16.8. The summed E-state index contributed by atoms with van der Waals surface area (Å²) >= 11 is 3.61. The van der Waals surface area contributed by atoms with Crippen molar-refractivity contribution < 1.29 is 4.74 Å². The monoisotopic (exact) mass is 381 g/mol. The van der Waals surface area contributed by atoms with Gasteiger partial charge in [0.25, 0.3) is 0 Å². The second-order valence-electron chi connectivity index (χ2n) is 5.76. The molecule has 3 aromatic carbocycles. The average Bonchev–Trinajstić information content (AvgIpc) is 2.61. The van der Waals surface area contributed by atoms with E-state index >= 15 is 0 Å². The van der Waals surface area contributed by atoms with Crippen LogP contribution < -0.4 is 10.1 Å². The van der Waals surface area contributed by atoms with Crippen LogP contribution in [0.2, 0.25) is 0 Å². The third kappa shape index (κ3) is 4.62. The molecule has 0 bridgehead atoms. The van der Waals surface area contributed by atoms with E-state index in [9.17, 15) is 0 Å². The largest absolute Gasteiger partial charge is 0.488 e. The Labute approximate surface area is 151 Å². The van der Waals surface area contributed by atoms with Gasteiger partial charge in [-0.15, -0.1) is 0 Å². The first kappa shape index (κ1) is 16.6. The summed E-state index contributed by atoms with van der Waals surface area (Å²) in [4.78, 5) is 0. The molecule has 0 aliphatic heterocycles. The van der Waals surface area contributed by atoms with Gasteiger partial charge in [0, 0.05) is 12.2 Å². The van der Waals surface area contributed by atoms with Crippen LogP contribution in [0, 0.1) is 6.92 Å². The fourth-order valence-electron chi connectivity index (χ4n) is 2.38. The van der Waals surface area contributed by atoms with Crippen LogP contribution in [-0.2, 0) is 13.2 Å². The number of aryl methyl sites for hydroxylation is 1. The lowest BCUT2D eigenvalue weighted by Gasteiger charge is -2.11. The standard InChI is InChI=1S/C21H20BrNO/c1-16-7-9-17(10-8-16)15-24-21-12-11-18(13-20(21)22)14-23-19-5-3-2-4-6-19/h2-13,23H,14-15H2,1H3. The first-order valence-electron chi connectivity index (χ1n) is 7.96. The Morgan fingerprint density at radius 1 is 0.875 bits per heavy atom. The molecule has 3 heteroatoms. The van der Waals surface area contributed by atoms with Crippen molar-refractivity contribution in [2.45, 2.75) is 20.1 Å². The van der Waals surface area contributed by atoms with E-state index in [4.69, 9.17) is 4.74 Å². The second-order valence-corrected chi connectivity index (χ2v) is 6.61. The molecule has 0 saturated heterocycles. The first-order valence-corrected chi connectivity index (χ1v) is 8.76. The molecule has 122 valence electrons. The molecule has 0 spiro atoms. The number of rotatable bonds is 6. The van der Waals surface area contributed by atoms with Crippen molar-refractivity contribution in [2.75, 3.05) is 5.32 Å². The summed E-state index contributed by atoms with van der Waals surface area (Å²) in [6.45, 7) is 3.44. The Hall–Kier alpha value is -2.26. The number of hydrogen-bond donors (Lipinski definition) is 1. The number of para-hydroxylation sites is 1. The molecule has 24 heavy (non-hydrogen) atoms. The summed E-state index contributed by atoms with van der Waals surface area (Å²) in [5.41, 5.74) is 4.75. The number of nitrogens with one attached hydrogen (secondary N) is 1. The minimum Gasteiger partial charge on any atom is -0.488 e. The minimum atomic E-state index is 0.570. The van der Waals surface area contributed by atoms with E-state index in [0.717, 1.165) is 22.5 Å². The van der Waals surface area contributed by atoms with Gasteiger partial charge < -0.3 is 10.1 Å². The molecule has 0 radical (unpaired) electrons. The van der Waals surface area contributed by atoms with E-state index in [-0.39, 0.29) is 0 Å². The number of benzene rings is 3. The SMILES string of the molecule is Cc1ccc(COc2ccc(CNc3ccccc3)cc2Br)cc1. The summed E-state index contributed by atoms with van der Waals surface area (Å²) in [5, 5.41) is 3.41. The molecule has 0 aliphatic carbocycles. The molecular formula is C21H20BrNO. The van der Waals surface area contributed by atoms with Crippen molar-refractivity contribution in [3.63, 3.8) is 0 Å². The normalized spacial score (nSPS) is 10.4. The smallest absolute Gasteiger partial charge is 0.134 e. The van der Waals surface area contributed by atoms with Gasteiger partial charge in [0.15, 0.2) is 0 Å². The van der Waals surface area contributed by atoms with Gasteiger partial charge in [-0.2, -0.15) is 0 Å². The third-order valence-corrected chi connectivity index (χ3v) is 4.40. The molecule has 0 heterocycles. The highest BCUT2D eigenvalue weighted by Gasteiger charge is 2.04. The van der Waals surface area contributed by atoms with E-state index in [1.807, 2.05) is 24.3 Å². The maximum Gasteiger partial charge on any atom is 0.134 e. The van der Waals surface area contributed by atoms with Crippen LogP contribution in [-0.4, -0.2) is 0 Å². The van der Waals surface area contributed by atoms with Gasteiger partial charge in [-0.3, -0.25) is 0 Å². The van der Waals surface area contributed by atoms with Gasteiger partial charge in [0.1, 0.15) is 12.4 Å². The highest BCUT2D eigenvalue weighted by atomic mass is 79.9. The summed E-state index contributed by atoms with van der Waals surface area (Å²) < 4.78 is 6.89. The van der Waals surface area contributed by atoms with Crippen molar-refractivity contribution in [2.24, 2.45) is 0 Å². The van der Waals surface area contributed by atoms with Crippen LogP contribution in [0.15, 0.2) is 77.3 Å². The maximum absolute atomic E-state index is 5.91. The van der Waals surface area contributed by atoms with Gasteiger partial charge >= 0.3 is 0 Å². The zero-order valence-corrected chi connectivity index (χ0v) is 15.2. The number of anilines is 1. The topological polar surface area (TPSA) is 21.3 Å². The summed E-state index contributed by atoms with van der Waals surface area (Å²) in [6.07, 6.45) is 0. The van der Waals surface area contributed by atoms with E-state index in [1.165, 1.54) is 16.7 Å². The van der Waals surface area contributed by atoms with Crippen LogP contribution in [0.3, 0.4) is 0 Å². The second kappa shape index (κ2) is 8.02. The Morgan fingerprint density at radius 2 is 1.58 bits per heavy atom. The Balaban J connectivity index is 1.59. The van der Waals surface area contributed by atoms with Crippen LogP contribution >= 0.6 is 15.9 Å². The quantitative estimate of drug-likeness (QED) is 0.569. The molecule has 3 aromatic rings. The highest BCUT2D eigenvalue weighted by Crippen LogP contribution is 2.27. The molecule has 0 fully saturated rings. The zero-order valence-electron chi connectivity index (χ0n) is 13.6. The molecule has 1 N–H and O–H groups in total. The van der Waals surface area contributed by atoms with Gasteiger partial charge in [0.2, 0.25) is 0 Å². The van der Waals surface area contributed by atoms with Gasteiger partial charge in [-0.25, -0.2) is 0 Å². The Bertz CT molecular complexity index is 785. The molecule has 0 atom stereocenters. The molecule has 0 aliphatic rings. The molecule has 0 aromatic heterocycles. The van der Waals surface area contributed by atoms with Gasteiger partial charge in [-0.1, -0.05) is 54.1 Å². The average molecular weight is 382 g/mol. The van der Waals surface area contributed by atoms with Crippen molar-refractivity contribution in [1.82, 2.24) is 0 Å². The lowest BCUT2D eigenvalue weighted by Crippen LogP contribution is -2.00. The predicted molar refractivity (Wildman–Crippen MR) is 103 cm³/mol. The number of hydrogen-bond acceptors (Lipinski definition) is 2. The fraction of sp³-hybridized carbons (Fsp3) is 0.143. The van der Waals surface area contributed by atoms with Crippen LogP contribution in [0.4, 0.5) is 5.69 Å². The van der Waals surface area contributed by atoms with Gasteiger partial charge in [-0.05, 0) is 58.2 Å². The summed E-state index contributed by atoms with van der Waals surface area (Å²) in [5.74, 6) is 0.860. The molecule has 2 nitrogen and oxygen atoms in total. The van der Waals surface area contributed by atoms with Crippen LogP contribution in [0.25, 0.3) is 0 Å². The van der Waals surface area contributed by atoms with Crippen molar-refractivity contribution in [3.8, 4) is 5.75 Å². The van der Waals surface area contributed by atoms with Crippen LogP contribution in [0.5, 0.6) is 5.75 Å². The number of ether oxygens (including phenoxy) is 1. The molecule has 0 saturated carbocycles. The lowest BCUT2D eigenvalue weighted by atomic mass is 10.2. The van der Waals surface area contributed by atoms with Crippen molar-refractivity contribution in [3.05, 3.63) is 94.0 Å². The lowest BCUT2D eigenvalue weighted by molar-refractivity contribution is 0.304. The minimum absolute atomic E-state index is 0.570. The third-order valence-electron chi connectivity index (χ3n) is 3.78. The van der Waals surface area contributed by atoms with Crippen LogP contribution in [0.1, 0.15) is 16.7 Å². The van der Waals surface area contributed by atoms with E-state index in [1.54, 1.807) is 0 Å². The first-order chi connectivity index (χ1) is 11.7. The van der Waals surface area contributed by atoms with Gasteiger partial charge in [0.05, 0.1) is 4.47 Å². The molecule has 0 amide bonds. The predicted octanol–water partition coefficient (Wildman–Crippen LogP) is 5.95. The van der Waals surface area contributed by atoms with Crippen molar-refractivity contribution >= 4 is 21.6 Å². The summed E-state index contributed by atoms with van der Waals surface area (Å²) in [6, 6.07) is 24.8. The molecule has 0 unspecified atom stereocenters. The van der Waals surface area contributed by atoms with Crippen molar-refractivity contribution in [1.29, 1.82) is 0 Å². The maximum atomic E-state index is 5.91.